The number of halogens is 1. The number of carbonyl (C=O) groups is 1. The van der Waals surface area contributed by atoms with E-state index in [1.165, 1.54) is 4.80 Å². The van der Waals surface area contributed by atoms with Gasteiger partial charge in [-0.3, -0.25) is 10.1 Å². The van der Waals surface area contributed by atoms with Gasteiger partial charge >= 0.3 is 0 Å². The molecule has 7 nitrogen and oxygen atoms in total. The first kappa shape index (κ1) is 22.7. The monoisotopic (exact) mass is 479 g/mol. The number of benzene rings is 3. The minimum Gasteiger partial charge on any atom is -0.495 e. The minimum atomic E-state index is -0.258. The Bertz CT molecular complexity index is 1400. The molecule has 0 bridgehead atoms. The molecule has 0 aliphatic carbocycles. The van der Waals surface area contributed by atoms with Gasteiger partial charge < -0.3 is 10.1 Å². The predicted octanol–water partition coefficient (Wildman–Crippen LogP) is 5.13. The molecule has 1 heterocycles. The van der Waals surface area contributed by atoms with Gasteiger partial charge in [0.15, 0.2) is 5.11 Å². The Balaban J connectivity index is 1.54. The van der Waals surface area contributed by atoms with E-state index in [0.29, 0.717) is 27.5 Å². The van der Waals surface area contributed by atoms with Gasteiger partial charge in [-0.15, -0.1) is 10.2 Å². The SMILES string of the molecule is COc1ccc(-n2nc3cc(C)c(NC(=S)NC(=O)c4ccc(C)cc4C)cc3n2)cc1Cl. The van der Waals surface area contributed by atoms with Crippen LogP contribution >= 0.6 is 23.8 Å². The van der Waals surface area contributed by atoms with Crippen LogP contribution in [0.5, 0.6) is 5.75 Å². The molecule has 33 heavy (non-hydrogen) atoms. The molecule has 0 atom stereocenters. The maximum atomic E-state index is 12.6. The van der Waals surface area contributed by atoms with E-state index in [1.807, 2.05) is 51.1 Å². The van der Waals surface area contributed by atoms with Gasteiger partial charge in [0, 0.05) is 11.3 Å². The number of thiocarbonyl (C=S) groups is 1. The highest BCUT2D eigenvalue weighted by Gasteiger charge is 2.14. The molecule has 0 fully saturated rings. The van der Waals surface area contributed by atoms with Crippen LogP contribution in [-0.2, 0) is 0 Å². The van der Waals surface area contributed by atoms with E-state index in [0.717, 1.165) is 27.9 Å². The predicted molar refractivity (Wildman–Crippen MR) is 135 cm³/mol. The van der Waals surface area contributed by atoms with Crippen LogP contribution in [0.1, 0.15) is 27.0 Å². The summed E-state index contributed by atoms with van der Waals surface area (Å²) in [6, 6.07) is 14.7. The second-order valence-electron chi connectivity index (χ2n) is 7.69. The summed E-state index contributed by atoms with van der Waals surface area (Å²) in [6.45, 7) is 5.81. The molecule has 3 aromatic carbocycles. The number of hydrogen-bond acceptors (Lipinski definition) is 5. The number of carbonyl (C=O) groups excluding carboxylic acids is 1. The van der Waals surface area contributed by atoms with Gasteiger partial charge in [-0.1, -0.05) is 29.3 Å². The van der Waals surface area contributed by atoms with E-state index in [2.05, 4.69) is 20.8 Å². The Morgan fingerprint density at radius 2 is 1.73 bits per heavy atom. The number of fused-ring (bicyclic) bond motifs is 1. The van der Waals surface area contributed by atoms with Crippen LogP contribution < -0.4 is 15.4 Å². The van der Waals surface area contributed by atoms with Crippen molar-refractivity contribution in [2.24, 2.45) is 0 Å². The fraction of sp³-hybridized carbons (Fsp3) is 0.167. The van der Waals surface area contributed by atoms with Gasteiger partial charge in [0.05, 0.1) is 17.8 Å². The molecule has 0 aliphatic heterocycles. The smallest absolute Gasteiger partial charge is 0.257 e. The zero-order valence-corrected chi connectivity index (χ0v) is 20.1. The van der Waals surface area contributed by atoms with Gasteiger partial charge in [0.2, 0.25) is 0 Å². The van der Waals surface area contributed by atoms with Crippen molar-refractivity contribution in [3.63, 3.8) is 0 Å². The van der Waals surface area contributed by atoms with E-state index in [1.54, 1.807) is 25.3 Å². The molecule has 4 rings (SSSR count). The fourth-order valence-electron chi connectivity index (χ4n) is 3.49. The Morgan fingerprint density at radius 1 is 1.00 bits per heavy atom. The molecule has 2 N–H and O–H groups in total. The van der Waals surface area contributed by atoms with Crippen LogP contribution in [0.15, 0.2) is 48.5 Å². The zero-order chi connectivity index (χ0) is 23.7. The lowest BCUT2D eigenvalue weighted by Gasteiger charge is -2.12. The number of aryl methyl sites for hydroxylation is 3. The summed E-state index contributed by atoms with van der Waals surface area (Å²) in [5.41, 5.74) is 6.30. The second kappa shape index (κ2) is 9.17. The molecule has 0 saturated heterocycles. The van der Waals surface area contributed by atoms with Crippen molar-refractivity contribution in [1.82, 2.24) is 20.3 Å². The summed E-state index contributed by atoms with van der Waals surface area (Å²) in [4.78, 5) is 14.1. The van der Waals surface area contributed by atoms with Crippen LogP contribution in [0.2, 0.25) is 5.02 Å². The fourth-order valence-corrected chi connectivity index (χ4v) is 3.94. The van der Waals surface area contributed by atoms with Crippen molar-refractivity contribution in [2.75, 3.05) is 12.4 Å². The zero-order valence-electron chi connectivity index (χ0n) is 18.6. The first-order valence-electron chi connectivity index (χ1n) is 10.2. The van der Waals surface area contributed by atoms with Gasteiger partial charge in [-0.2, -0.15) is 4.80 Å². The highest BCUT2D eigenvalue weighted by molar-refractivity contribution is 7.80. The summed E-state index contributed by atoms with van der Waals surface area (Å²) < 4.78 is 5.20. The topological polar surface area (TPSA) is 81.1 Å². The molecule has 4 aromatic rings. The van der Waals surface area contributed by atoms with Crippen molar-refractivity contribution in [3.8, 4) is 11.4 Å². The molecule has 168 valence electrons. The molecule has 0 aliphatic rings. The highest BCUT2D eigenvalue weighted by atomic mass is 35.5. The summed E-state index contributed by atoms with van der Waals surface area (Å²) >= 11 is 11.6. The van der Waals surface area contributed by atoms with Crippen LogP contribution in [0.4, 0.5) is 5.69 Å². The lowest BCUT2D eigenvalue weighted by molar-refractivity contribution is 0.0977. The van der Waals surface area contributed by atoms with E-state index < -0.39 is 0 Å². The normalized spacial score (nSPS) is 10.8. The summed E-state index contributed by atoms with van der Waals surface area (Å²) in [7, 11) is 1.56. The minimum absolute atomic E-state index is 0.205. The number of amides is 1. The first-order chi connectivity index (χ1) is 15.7. The van der Waals surface area contributed by atoms with Gasteiger partial charge in [0.25, 0.3) is 5.91 Å². The van der Waals surface area contributed by atoms with Gasteiger partial charge in [0.1, 0.15) is 16.8 Å². The summed E-state index contributed by atoms with van der Waals surface area (Å²) in [6.07, 6.45) is 0. The summed E-state index contributed by atoms with van der Waals surface area (Å²) in [5, 5.41) is 15.6. The van der Waals surface area contributed by atoms with Crippen LogP contribution in [0, 0.1) is 20.8 Å². The number of ether oxygens (including phenoxy) is 1. The van der Waals surface area contributed by atoms with E-state index >= 15 is 0 Å². The quantitative estimate of drug-likeness (QED) is 0.395. The molecule has 0 saturated carbocycles. The Hall–Kier alpha value is -3.49. The van der Waals surface area contributed by atoms with Crippen LogP contribution in [-0.4, -0.2) is 33.1 Å². The molecule has 0 unspecified atom stereocenters. The number of nitrogens with zero attached hydrogens (tertiary/aromatic N) is 3. The molecule has 1 amide bonds. The van der Waals surface area contributed by atoms with E-state index in [9.17, 15) is 4.79 Å². The third kappa shape index (κ3) is 4.81. The first-order valence-corrected chi connectivity index (χ1v) is 10.9. The van der Waals surface area contributed by atoms with Crippen molar-refractivity contribution in [1.29, 1.82) is 0 Å². The molecular formula is C24H22ClN5O2S. The van der Waals surface area contributed by atoms with Crippen molar-refractivity contribution >= 4 is 51.6 Å². The Labute approximate surface area is 201 Å². The summed E-state index contributed by atoms with van der Waals surface area (Å²) in [5.74, 6) is 0.321. The van der Waals surface area contributed by atoms with E-state index in [4.69, 9.17) is 28.6 Å². The van der Waals surface area contributed by atoms with Gasteiger partial charge in [-0.25, -0.2) is 0 Å². The van der Waals surface area contributed by atoms with Crippen LogP contribution in [0.25, 0.3) is 16.7 Å². The van der Waals surface area contributed by atoms with Crippen LogP contribution in [0.3, 0.4) is 0 Å². The molecule has 0 spiro atoms. The van der Waals surface area contributed by atoms with Gasteiger partial charge in [-0.05, 0) is 80.5 Å². The standard InChI is InChI=1S/C24H22ClN5O2S/c1-13-5-7-17(14(2)9-13)23(31)27-24(33)26-19-12-21-20(10-15(19)3)28-30(29-21)16-6-8-22(32-4)18(25)11-16/h5-12H,1-4H3,(H2,26,27,31,33). The maximum absolute atomic E-state index is 12.6. The highest BCUT2D eigenvalue weighted by Crippen LogP contribution is 2.27. The molecular weight excluding hydrogens is 458 g/mol. The number of nitrogens with one attached hydrogen (secondary N) is 2. The Morgan fingerprint density at radius 3 is 2.39 bits per heavy atom. The molecule has 0 radical (unpaired) electrons. The second-order valence-corrected chi connectivity index (χ2v) is 8.51. The molecule has 9 heteroatoms. The number of rotatable bonds is 4. The largest absolute Gasteiger partial charge is 0.495 e. The van der Waals surface area contributed by atoms with Crippen molar-refractivity contribution in [3.05, 3.63) is 75.8 Å². The lowest BCUT2D eigenvalue weighted by atomic mass is 10.1. The third-order valence-electron chi connectivity index (χ3n) is 5.19. The van der Waals surface area contributed by atoms with Crippen molar-refractivity contribution < 1.29 is 9.53 Å². The molecule has 1 aromatic heterocycles. The Kier molecular flexibility index (Phi) is 6.31. The van der Waals surface area contributed by atoms with Crippen molar-refractivity contribution in [2.45, 2.75) is 20.8 Å². The average molecular weight is 480 g/mol. The number of methoxy groups -OCH3 is 1. The lowest BCUT2D eigenvalue weighted by Crippen LogP contribution is -2.34. The maximum Gasteiger partial charge on any atom is 0.257 e. The number of hydrogen-bond donors (Lipinski definition) is 2. The number of aromatic nitrogens is 3. The average Bonchev–Trinajstić information content (AvgIpc) is 3.16. The van der Waals surface area contributed by atoms with E-state index in [-0.39, 0.29) is 11.0 Å². The number of anilines is 1. The third-order valence-corrected chi connectivity index (χ3v) is 5.69.